The maximum atomic E-state index is 13.9. The standard InChI is InChI=1S/C27H25BrN2O6/c1-3-34-19-12-8-11-18(15-19)29-26(32)22-23(16-13-20(28)24(31)21(14-16)35-4-2)30(36-25(22)27(29)33)17-9-6-5-7-10-17/h5-15,22-23,25,31H,3-4H2,1-2H3/t22-,23+,25-/m0/s1. The molecule has 3 atom stereocenters. The summed E-state index contributed by atoms with van der Waals surface area (Å²) in [5.41, 5.74) is 1.79. The molecule has 36 heavy (non-hydrogen) atoms. The average molecular weight is 553 g/mol. The van der Waals surface area contributed by atoms with Crippen LogP contribution in [-0.2, 0) is 14.4 Å². The Morgan fingerprint density at radius 2 is 1.64 bits per heavy atom. The van der Waals surface area contributed by atoms with Gasteiger partial charge in [-0.05, 0) is 71.7 Å². The fourth-order valence-corrected chi connectivity index (χ4v) is 5.18. The van der Waals surface area contributed by atoms with Gasteiger partial charge in [0.15, 0.2) is 17.6 Å². The number of rotatable bonds is 7. The maximum Gasteiger partial charge on any atom is 0.266 e. The first-order valence-electron chi connectivity index (χ1n) is 11.7. The fraction of sp³-hybridized carbons (Fsp3) is 0.259. The van der Waals surface area contributed by atoms with E-state index in [1.807, 2.05) is 44.2 Å². The number of carbonyl (C=O) groups is 2. The van der Waals surface area contributed by atoms with Crippen molar-refractivity contribution < 1.29 is 29.0 Å². The predicted molar refractivity (Wildman–Crippen MR) is 137 cm³/mol. The Balaban J connectivity index is 1.60. The molecule has 9 heteroatoms. The minimum Gasteiger partial charge on any atom is -0.503 e. The molecule has 3 aromatic carbocycles. The van der Waals surface area contributed by atoms with Crippen molar-refractivity contribution in [1.29, 1.82) is 0 Å². The second kappa shape index (κ2) is 9.83. The van der Waals surface area contributed by atoms with E-state index < -0.39 is 24.0 Å². The zero-order valence-electron chi connectivity index (χ0n) is 19.8. The summed E-state index contributed by atoms with van der Waals surface area (Å²) in [6.45, 7) is 4.50. The van der Waals surface area contributed by atoms with Crippen molar-refractivity contribution in [2.75, 3.05) is 23.2 Å². The number of hydrogen-bond donors (Lipinski definition) is 1. The van der Waals surface area contributed by atoms with E-state index in [0.717, 1.165) is 0 Å². The molecule has 2 amide bonds. The molecule has 3 aromatic rings. The van der Waals surface area contributed by atoms with Gasteiger partial charge in [0, 0.05) is 6.07 Å². The van der Waals surface area contributed by atoms with Crippen molar-refractivity contribution in [3.63, 3.8) is 0 Å². The van der Waals surface area contributed by atoms with Crippen molar-refractivity contribution in [3.8, 4) is 17.2 Å². The molecular formula is C27H25BrN2O6. The van der Waals surface area contributed by atoms with Gasteiger partial charge in [-0.3, -0.25) is 14.4 Å². The monoisotopic (exact) mass is 552 g/mol. The number of ether oxygens (including phenoxy) is 2. The number of phenols is 1. The number of para-hydroxylation sites is 1. The largest absolute Gasteiger partial charge is 0.503 e. The van der Waals surface area contributed by atoms with Crippen LogP contribution in [0.15, 0.2) is 71.2 Å². The zero-order chi connectivity index (χ0) is 25.4. The number of imide groups is 1. The summed E-state index contributed by atoms with van der Waals surface area (Å²) >= 11 is 3.40. The molecule has 0 spiro atoms. The quantitative estimate of drug-likeness (QED) is 0.412. The second-order valence-corrected chi connectivity index (χ2v) is 9.24. The zero-order valence-corrected chi connectivity index (χ0v) is 21.3. The van der Waals surface area contributed by atoms with Gasteiger partial charge in [0.25, 0.3) is 5.91 Å². The summed E-state index contributed by atoms with van der Waals surface area (Å²) < 4.78 is 11.6. The normalized spacial score (nSPS) is 21.1. The molecule has 0 aromatic heterocycles. The van der Waals surface area contributed by atoms with Crippen molar-refractivity contribution in [3.05, 3.63) is 76.8 Å². The Morgan fingerprint density at radius 1 is 0.917 bits per heavy atom. The van der Waals surface area contributed by atoms with Gasteiger partial charge in [-0.2, -0.15) is 0 Å². The summed E-state index contributed by atoms with van der Waals surface area (Å²) in [5, 5.41) is 12.1. The number of phenolic OH excluding ortho intramolecular Hbond substituents is 1. The van der Waals surface area contributed by atoms with Crippen molar-refractivity contribution in [2.24, 2.45) is 5.92 Å². The number of aromatic hydroxyl groups is 1. The Bertz CT molecular complexity index is 1300. The number of fused-ring (bicyclic) bond motifs is 1. The van der Waals surface area contributed by atoms with Gasteiger partial charge in [-0.1, -0.05) is 24.3 Å². The molecule has 2 aliphatic rings. The van der Waals surface area contributed by atoms with E-state index in [9.17, 15) is 14.7 Å². The van der Waals surface area contributed by atoms with Crippen LogP contribution in [0.5, 0.6) is 17.2 Å². The van der Waals surface area contributed by atoms with Crippen LogP contribution < -0.4 is 19.4 Å². The molecule has 2 aliphatic heterocycles. The lowest BCUT2D eigenvalue weighted by molar-refractivity contribution is -0.126. The van der Waals surface area contributed by atoms with Crippen LogP contribution in [0.4, 0.5) is 11.4 Å². The molecular weight excluding hydrogens is 528 g/mol. The molecule has 186 valence electrons. The van der Waals surface area contributed by atoms with Crippen molar-refractivity contribution >= 4 is 39.1 Å². The number of benzene rings is 3. The minimum absolute atomic E-state index is 0.0366. The van der Waals surface area contributed by atoms with E-state index >= 15 is 0 Å². The number of carbonyl (C=O) groups excluding carboxylic acids is 2. The Morgan fingerprint density at radius 3 is 2.36 bits per heavy atom. The number of halogens is 1. The maximum absolute atomic E-state index is 13.9. The molecule has 2 saturated heterocycles. The molecule has 0 saturated carbocycles. The average Bonchev–Trinajstić information content (AvgIpc) is 3.39. The molecule has 0 bridgehead atoms. The number of nitrogens with zero attached hydrogens (tertiary/aromatic N) is 2. The van der Waals surface area contributed by atoms with Gasteiger partial charge in [0.2, 0.25) is 5.91 Å². The number of anilines is 2. The Labute approximate surface area is 217 Å². The molecule has 1 N–H and O–H groups in total. The molecule has 2 fully saturated rings. The third-order valence-electron chi connectivity index (χ3n) is 6.21. The third-order valence-corrected chi connectivity index (χ3v) is 6.81. The lowest BCUT2D eigenvalue weighted by atomic mass is 9.90. The van der Waals surface area contributed by atoms with Crippen LogP contribution in [0.1, 0.15) is 25.5 Å². The van der Waals surface area contributed by atoms with Crippen LogP contribution in [0, 0.1) is 5.92 Å². The Hall–Kier alpha value is -3.56. The lowest BCUT2D eigenvalue weighted by Crippen LogP contribution is -2.37. The van der Waals surface area contributed by atoms with Gasteiger partial charge < -0.3 is 14.6 Å². The first-order valence-corrected chi connectivity index (χ1v) is 12.5. The van der Waals surface area contributed by atoms with Crippen LogP contribution in [0.25, 0.3) is 0 Å². The smallest absolute Gasteiger partial charge is 0.266 e. The van der Waals surface area contributed by atoms with Gasteiger partial charge in [-0.25, -0.2) is 9.96 Å². The van der Waals surface area contributed by atoms with E-state index in [2.05, 4.69) is 15.9 Å². The van der Waals surface area contributed by atoms with E-state index in [4.69, 9.17) is 14.3 Å². The van der Waals surface area contributed by atoms with Crippen molar-refractivity contribution in [2.45, 2.75) is 26.0 Å². The van der Waals surface area contributed by atoms with Crippen LogP contribution in [0.3, 0.4) is 0 Å². The van der Waals surface area contributed by atoms with E-state index in [0.29, 0.717) is 40.4 Å². The van der Waals surface area contributed by atoms with Crippen LogP contribution >= 0.6 is 15.9 Å². The highest BCUT2D eigenvalue weighted by molar-refractivity contribution is 9.10. The topological polar surface area (TPSA) is 88.5 Å². The Kier molecular flexibility index (Phi) is 6.59. The molecule has 0 aliphatic carbocycles. The molecule has 8 nitrogen and oxygen atoms in total. The van der Waals surface area contributed by atoms with E-state index in [1.165, 1.54) is 4.90 Å². The van der Waals surface area contributed by atoms with Gasteiger partial charge >= 0.3 is 0 Å². The minimum atomic E-state index is -1.01. The number of hydrogen-bond acceptors (Lipinski definition) is 7. The first-order chi connectivity index (χ1) is 17.4. The summed E-state index contributed by atoms with van der Waals surface area (Å²) in [4.78, 5) is 34.8. The van der Waals surface area contributed by atoms with Gasteiger partial charge in [-0.15, -0.1) is 0 Å². The SMILES string of the molecule is CCOc1cccc(N2C(=O)[C@@H]3[C@H](ON(c4ccccc4)[C@@H]3c3cc(Br)c(O)c(OCC)c3)C2=O)c1. The number of amides is 2. The van der Waals surface area contributed by atoms with Gasteiger partial charge in [0.1, 0.15) is 11.7 Å². The summed E-state index contributed by atoms with van der Waals surface area (Å²) in [5.74, 6) is -0.824. The fourth-order valence-electron chi connectivity index (χ4n) is 4.72. The van der Waals surface area contributed by atoms with Crippen molar-refractivity contribution in [1.82, 2.24) is 0 Å². The number of hydroxylamine groups is 1. The molecule has 0 radical (unpaired) electrons. The van der Waals surface area contributed by atoms with E-state index in [-0.39, 0.29) is 17.4 Å². The highest BCUT2D eigenvalue weighted by Gasteiger charge is 2.60. The first kappa shape index (κ1) is 24.1. The third kappa shape index (κ3) is 4.08. The molecule has 0 unspecified atom stereocenters. The highest BCUT2D eigenvalue weighted by Crippen LogP contribution is 2.50. The highest BCUT2D eigenvalue weighted by atomic mass is 79.9. The van der Waals surface area contributed by atoms with Crippen LogP contribution in [0.2, 0.25) is 0 Å². The summed E-state index contributed by atoms with van der Waals surface area (Å²) in [7, 11) is 0. The second-order valence-electron chi connectivity index (χ2n) is 8.38. The molecule has 2 heterocycles. The van der Waals surface area contributed by atoms with Gasteiger partial charge in [0.05, 0.1) is 35.1 Å². The van der Waals surface area contributed by atoms with E-state index in [1.54, 1.807) is 41.5 Å². The van der Waals surface area contributed by atoms with Crippen LogP contribution in [-0.4, -0.2) is 36.2 Å². The molecule has 5 rings (SSSR count). The summed E-state index contributed by atoms with van der Waals surface area (Å²) in [6.07, 6.45) is -1.01. The predicted octanol–water partition coefficient (Wildman–Crippen LogP) is 5.00. The summed E-state index contributed by atoms with van der Waals surface area (Å²) in [6, 6.07) is 19.0. The lowest BCUT2D eigenvalue weighted by Gasteiger charge is -2.29.